The number of aromatic nitrogens is 4. The second-order valence-corrected chi connectivity index (χ2v) is 3.82. The van der Waals surface area contributed by atoms with Crippen molar-refractivity contribution in [3.63, 3.8) is 0 Å². The molecule has 0 aliphatic heterocycles. The summed E-state index contributed by atoms with van der Waals surface area (Å²) in [4.78, 5) is 12.5. The Morgan fingerprint density at radius 3 is 2.63 bits per heavy atom. The number of aliphatic hydroxyl groups is 1. The van der Waals surface area contributed by atoms with Gasteiger partial charge in [0.1, 0.15) is 5.76 Å². The first kappa shape index (κ1) is 13.2. The van der Waals surface area contributed by atoms with Crippen LogP contribution in [0.1, 0.15) is 11.5 Å². The monoisotopic (exact) mass is 265 g/mol. The van der Waals surface area contributed by atoms with Crippen molar-refractivity contribution in [1.29, 1.82) is 0 Å². The Morgan fingerprint density at radius 1 is 1.26 bits per heavy atom. The summed E-state index contributed by atoms with van der Waals surface area (Å²) in [6, 6.07) is 0.186. The van der Waals surface area contributed by atoms with Crippen LogP contribution in [-0.2, 0) is 0 Å². The van der Waals surface area contributed by atoms with Gasteiger partial charge in [-0.15, -0.1) is 0 Å². The van der Waals surface area contributed by atoms with E-state index >= 15 is 0 Å². The third-order valence-corrected chi connectivity index (χ3v) is 2.45. The summed E-state index contributed by atoms with van der Waals surface area (Å²) in [6.07, 6.45) is 0. The summed E-state index contributed by atoms with van der Waals surface area (Å²) in [7, 11) is 1.47. The predicted molar refractivity (Wildman–Crippen MR) is 66.9 cm³/mol. The largest absolute Gasteiger partial charge is 0.467 e. The Kier molecular flexibility index (Phi) is 3.91. The molecule has 0 aliphatic rings. The van der Waals surface area contributed by atoms with Crippen LogP contribution in [0.2, 0.25) is 0 Å². The SMILES string of the molecule is COc1nc(NCCO)nc(-c2c(C)noc2C)n1. The van der Waals surface area contributed by atoms with E-state index in [0.717, 1.165) is 0 Å². The number of nitrogens with zero attached hydrogens (tertiary/aromatic N) is 4. The van der Waals surface area contributed by atoms with Crippen LogP contribution in [0, 0.1) is 13.8 Å². The van der Waals surface area contributed by atoms with Crippen molar-refractivity contribution in [2.75, 3.05) is 25.6 Å². The molecular formula is C11H15N5O3. The molecule has 19 heavy (non-hydrogen) atoms. The molecule has 0 saturated carbocycles. The number of aryl methyl sites for hydroxylation is 2. The topological polar surface area (TPSA) is 106 Å². The van der Waals surface area contributed by atoms with Crippen LogP contribution in [0.25, 0.3) is 11.4 Å². The molecule has 0 bridgehead atoms. The Hall–Kier alpha value is -2.22. The fourth-order valence-corrected chi connectivity index (χ4v) is 1.61. The molecule has 2 aromatic rings. The molecule has 0 aromatic carbocycles. The number of nitrogens with one attached hydrogen (secondary N) is 1. The zero-order valence-electron chi connectivity index (χ0n) is 11.0. The van der Waals surface area contributed by atoms with E-state index in [1.165, 1.54) is 7.11 Å². The van der Waals surface area contributed by atoms with Gasteiger partial charge in [0.2, 0.25) is 5.95 Å². The molecule has 0 fully saturated rings. The van der Waals surface area contributed by atoms with Crippen molar-refractivity contribution < 1.29 is 14.4 Å². The molecule has 0 radical (unpaired) electrons. The number of hydrogen-bond acceptors (Lipinski definition) is 8. The van der Waals surface area contributed by atoms with Crippen LogP contribution in [0.5, 0.6) is 6.01 Å². The zero-order chi connectivity index (χ0) is 13.8. The van der Waals surface area contributed by atoms with Crippen LogP contribution < -0.4 is 10.1 Å². The molecule has 8 nitrogen and oxygen atoms in total. The average molecular weight is 265 g/mol. The summed E-state index contributed by atoms with van der Waals surface area (Å²) in [5.41, 5.74) is 1.41. The second-order valence-electron chi connectivity index (χ2n) is 3.82. The van der Waals surface area contributed by atoms with Crippen molar-refractivity contribution in [3.8, 4) is 17.4 Å². The third kappa shape index (κ3) is 2.79. The maximum atomic E-state index is 8.81. The highest BCUT2D eigenvalue weighted by molar-refractivity contribution is 5.61. The minimum atomic E-state index is -0.0192. The molecule has 102 valence electrons. The van der Waals surface area contributed by atoms with E-state index in [4.69, 9.17) is 14.4 Å². The van der Waals surface area contributed by atoms with Crippen LogP contribution in [-0.4, -0.2) is 45.5 Å². The molecule has 0 atom stereocenters. The molecule has 0 saturated heterocycles. The lowest BCUT2D eigenvalue weighted by Gasteiger charge is -2.06. The number of ether oxygens (including phenoxy) is 1. The van der Waals surface area contributed by atoms with Crippen molar-refractivity contribution in [3.05, 3.63) is 11.5 Å². The van der Waals surface area contributed by atoms with Crippen LogP contribution >= 0.6 is 0 Å². The Morgan fingerprint density at radius 2 is 2.05 bits per heavy atom. The van der Waals surface area contributed by atoms with E-state index in [2.05, 4.69) is 25.4 Å². The molecule has 0 amide bonds. The smallest absolute Gasteiger partial charge is 0.321 e. The summed E-state index contributed by atoms with van der Waals surface area (Å²) in [5, 5.41) is 15.5. The quantitative estimate of drug-likeness (QED) is 0.807. The summed E-state index contributed by atoms with van der Waals surface area (Å²) in [5.74, 6) is 1.37. The van der Waals surface area contributed by atoms with Gasteiger partial charge in [-0.1, -0.05) is 5.16 Å². The van der Waals surface area contributed by atoms with Crippen molar-refractivity contribution in [2.45, 2.75) is 13.8 Å². The average Bonchev–Trinajstić information content (AvgIpc) is 2.75. The van der Waals surface area contributed by atoms with Gasteiger partial charge >= 0.3 is 6.01 Å². The Labute approximate surface area is 109 Å². The molecule has 2 aromatic heterocycles. The van der Waals surface area contributed by atoms with Crippen molar-refractivity contribution in [1.82, 2.24) is 20.1 Å². The van der Waals surface area contributed by atoms with E-state index in [0.29, 0.717) is 35.3 Å². The second kappa shape index (κ2) is 5.61. The molecule has 8 heteroatoms. The minimum absolute atomic E-state index is 0.0192. The fourth-order valence-electron chi connectivity index (χ4n) is 1.61. The molecule has 2 heterocycles. The Balaban J connectivity index is 2.45. The lowest BCUT2D eigenvalue weighted by Crippen LogP contribution is -2.10. The van der Waals surface area contributed by atoms with E-state index < -0.39 is 0 Å². The van der Waals surface area contributed by atoms with Gasteiger partial charge in [-0.3, -0.25) is 0 Å². The summed E-state index contributed by atoms with van der Waals surface area (Å²) in [6.45, 7) is 3.91. The fraction of sp³-hybridized carbons (Fsp3) is 0.455. The number of hydrogen-bond donors (Lipinski definition) is 2. The lowest BCUT2D eigenvalue weighted by molar-refractivity contribution is 0.310. The van der Waals surface area contributed by atoms with Gasteiger partial charge in [0.25, 0.3) is 0 Å². The first-order valence-corrected chi connectivity index (χ1v) is 5.73. The van der Waals surface area contributed by atoms with Crippen LogP contribution in [0.15, 0.2) is 4.52 Å². The highest BCUT2D eigenvalue weighted by Gasteiger charge is 2.17. The molecule has 0 unspecified atom stereocenters. The van der Waals surface area contributed by atoms with Gasteiger partial charge in [0, 0.05) is 6.54 Å². The van der Waals surface area contributed by atoms with Crippen molar-refractivity contribution >= 4 is 5.95 Å². The van der Waals surface area contributed by atoms with Gasteiger partial charge < -0.3 is 19.7 Å². The molecule has 2 N–H and O–H groups in total. The number of rotatable bonds is 5. The standard InChI is InChI=1S/C11H15N5O3/c1-6-8(7(2)19-16-6)9-13-10(12-4-5-17)15-11(14-9)18-3/h17H,4-5H2,1-3H3,(H,12,13,14,15). The normalized spacial score (nSPS) is 10.5. The Bertz CT molecular complexity index is 550. The van der Waals surface area contributed by atoms with Crippen LogP contribution in [0.4, 0.5) is 5.95 Å². The van der Waals surface area contributed by atoms with Gasteiger partial charge in [-0.25, -0.2) is 0 Å². The summed E-state index contributed by atoms with van der Waals surface area (Å²) >= 11 is 0. The highest BCUT2D eigenvalue weighted by atomic mass is 16.5. The minimum Gasteiger partial charge on any atom is -0.467 e. The number of methoxy groups -OCH3 is 1. The van der Waals surface area contributed by atoms with Gasteiger partial charge in [0.05, 0.1) is 25.0 Å². The summed E-state index contributed by atoms with van der Waals surface area (Å²) < 4.78 is 10.1. The first-order chi connectivity index (χ1) is 9.15. The zero-order valence-corrected chi connectivity index (χ0v) is 11.0. The van der Waals surface area contributed by atoms with E-state index in [9.17, 15) is 0 Å². The maximum absolute atomic E-state index is 8.81. The van der Waals surface area contributed by atoms with Crippen LogP contribution in [0.3, 0.4) is 0 Å². The molecule has 2 rings (SSSR count). The third-order valence-electron chi connectivity index (χ3n) is 2.45. The first-order valence-electron chi connectivity index (χ1n) is 5.73. The van der Waals surface area contributed by atoms with Gasteiger partial charge in [-0.05, 0) is 13.8 Å². The molecule has 0 aliphatic carbocycles. The maximum Gasteiger partial charge on any atom is 0.321 e. The van der Waals surface area contributed by atoms with Crippen molar-refractivity contribution in [2.24, 2.45) is 0 Å². The van der Waals surface area contributed by atoms with E-state index in [1.807, 2.05) is 6.92 Å². The highest BCUT2D eigenvalue weighted by Crippen LogP contribution is 2.25. The number of aliphatic hydroxyl groups excluding tert-OH is 1. The molecule has 0 spiro atoms. The predicted octanol–water partition coefficient (Wildman–Crippen LogP) is 0.556. The number of anilines is 1. The van der Waals surface area contributed by atoms with Gasteiger partial charge in [0.15, 0.2) is 5.82 Å². The van der Waals surface area contributed by atoms with E-state index in [1.54, 1.807) is 6.92 Å². The van der Waals surface area contributed by atoms with Gasteiger partial charge in [-0.2, -0.15) is 15.0 Å². The molecular weight excluding hydrogens is 250 g/mol. The lowest BCUT2D eigenvalue weighted by atomic mass is 10.2. The van der Waals surface area contributed by atoms with E-state index in [-0.39, 0.29) is 12.6 Å².